The summed E-state index contributed by atoms with van der Waals surface area (Å²) in [5, 5.41) is 3.67. The lowest BCUT2D eigenvalue weighted by molar-refractivity contribution is 0.269. The van der Waals surface area contributed by atoms with Crippen LogP contribution in [0.4, 0.5) is 11.4 Å². The predicted molar refractivity (Wildman–Crippen MR) is 66.1 cm³/mol. The Labute approximate surface area is 91.9 Å². The molecular formula is C13H20N2. The van der Waals surface area contributed by atoms with Crippen LogP contribution < -0.4 is 11.1 Å². The first-order chi connectivity index (χ1) is 7.17. The lowest BCUT2D eigenvalue weighted by Crippen LogP contribution is -2.44. The standard InChI is InChI=1S/C13H20N2/c1-3-13(8-5-9-13)15-12-7-4-6-11(14)10(12)2/h4,6-7,15H,3,5,8-9,14H2,1-2H3. The summed E-state index contributed by atoms with van der Waals surface area (Å²) in [6.45, 7) is 4.34. The molecule has 1 aliphatic carbocycles. The van der Waals surface area contributed by atoms with Crippen LogP contribution in [-0.2, 0) is 0 Å². The fraction of sp³-hybridized carbons (Fsp3) is 0.538. The van der Waals surface area contributed by atoms with Gasteiger partial charge in [0, 0.05) is 16.9 Å². The van der Waals surface area contributed by atoms with E-state index >= 15 is 0 Å². The Morgan fingerprint density at radius 2 is 2.13 bits per heavy atom. The molecule has 0 heterocycles. The fourth-order valence-corrected chi connectivity index (χ4v) is 2.25. The van der Waals surface area contributed by atoms with Crippen LogP contribution in [0, 0.1) is 6.92 Å². The van der Waals surface area contributed by atoms with E-state index in [2.05, 4.69) is 25.2 Å². The topological polar surface area (TPSA) is 38.0 Å². The van der Waals surface area contributed by atoms with Crippen LogP contribution in [-0.4, -0.2) is 5.54 Å². The van der Waals surface area contributed by atoms with Crippen molar-refractivity contribution in [3.05, 3.63) is 23.8 Å². The molecule has 15 heavy (non-hydrogen) atoms. The SMILES string of the molecule is CCC1(Nc2cccc(N)c2C)CCC1. The summed E-state index contributed by atoms with van der Waals surface area (Å²) in [4.78, 5) is 0. The summed E-state index contributed by atoms with van der Waals surface area (Å²) in [5.41, 5.74) is 9.51. The van der Waals surface area contributed by atoms with E-state index in [1.54, 1.807) is 0 Å². The van der Waals surface area contributed by atoms with Crippen molar-refractivity contribution >= 4 is 11.4 Å². The lowest BCUT2D eigenvalue weighted by atomic mass is 9.74. The molecule has 0 unspecified atom stereocenters. The molecular weight excluding hydrogens is 184 g/mol. The van der Waals surface area contributed by atoms with Crippen LogP contribution in [0.1, 0.15) is 38.2 Å². The fourth-order valence-electron chi connectivity index (χ4n) is 2.25. The molecule has 1 saturated carbocycles. The van der Waals surface area contributed by atoms with Gasteiger partial charge in [0.25, 0.3) is 0 Å². The van der Waals surface area contributed by atoms with Crippen molar-refractivity contribution in [3.8, 4) is 0 Å². The maximum absolute atomic E-state index is 5.90. The molecule has 0 saturated heterocycles. The number of nitrogens with one attached hydrogen (secondary N) is 1. The number of hydrogen-bond acceptors (Lipinski definition) is 2. The van der Waals surface area contributed by atoms with Crippen LogP contribution in [0.3, 0.4) is 0 Å². The molecule has 1 aromatic rings. The molecule has 2 nitrogen and oxygen atoms in total. The minimum Gasteiger partial charge on any atom is -0.398 e. The van der Waals surface area contributed by atoms with Gasteiger partial charge >= 0.3 is 0 Å². The van der Waals surface area contributed by atoms with E-state index in [1.807, 2.05) is 12.1 Å². The number of nitrogens with two attached hydrogens (primary N) is 1. The summed E-state index contributed by atoms with van der Waals surface area (Å²) in [5.74, 6) is 0. The van der Waals surface area contributed by atoms with Gasteiger partial charge in [0.15, 0.2) is 0 Å². The van der Waals surface area contributed by atoms with E-state index in [0.29, 0.717) is 5.54 Å². The van der Waals surface area contributed by atoms with Crippen molar-refractivity contribution in [2.45, 2.75) is 45.1 Å². The first-order valence-electron chi connectivity index (χ1n) is 5.80. The van der Waals surface area contributed by atoms with E-state index in [1.165, 1.54) is 36.9 Å². The third-order valence-electron chi connectivity index (χ3n) is 3.76. The molecule has 0 radical (unpaired) electrons. The molecule has 1 fully saturated rings. The Morgan fingerprint density at radius 3 is 2.67 bits per heavy atom. The van der Waals surface area contributed by atoms with Crippen molar-refractivity contribution in [3.63, 3.8) is 0 Å². The minimum atomic E-state index is 0.346. The predicted octanol–water partition coefficient (Wildman–Crippen LogP) is 3.32. The van der Waals surface area contributed by atoms with E-state index < -0.39 is 0 Å². The van der Waals surface area contributed by atoms with Gasteiger partial charge in [-0.25, -0.2) is 0 Å². The van der Waals surface area contributed by atoms with Gasteiger partial charge in [0.1, 0.15) is 0 Å². The highest BCUT2D eigenvalue weighted by molar-refractivity contribution is 5.63. The van der Waals surface area contributed by atoms with Gasteiger partial charge in [-0.1, -0.05) is 13.0 Å². The number of hydrogen-bond donors (Lipinski definition) is 2. The second-order valence-corrected chi connectivity index (χ2v) is 4.63. The zero-order valence-electron chi connectivity index (χ0n) is 9.64. The Morgan fingerprint density at radius 1 is 1.40 bits per heavy atom. The van der Waals surface area contributed by atoms with E-state index in [0.717, 1.165) is 5.69 Å². The Hall–Kier alpha value is -1.18. The smallest absolute Gasteiger partial charge is 0.0394 e. The first-order valence-corrected chi connectivity index (χ1v) is 5.80. The summed E-state index contributed by atoms with van der Waals surface area (Å²) in [7, 11) is 0. The quantitative estimate of drug-likeness (QED) is 0.741. The van der Waals surface area contributed by atoms with Gasteiger partial charge in [-0.2, -0.15) is 0 Å². The maximum Gasteiger partial charge on any atom is 0.0394 e. The Bertz CT molecular complexity index is 348. The van der Waals surface area contributed by atoms with E-state index in [9.17, 15) is 0 Å². The molecule has 1 aromatic carbocycles. The molecule has 0 amide bonds. The normalized spacial score (nSPS) is 18.3. The van der Waals surface area contributed by atoms with Crippen molar-refractivity contribution in [1.82, 2.24) is 0 Å². The molecule has 2 rings (SSSR count). The highest BCUT2D eigenvalue weighted by atomic mass is 15.0. The highest BCUT2D eigenvalue weighted by Gasteiger charge is 2.35. The van der Waals surface area contributed by atoms with Crippen LogP contribution in [0.5, 0.6) is 0 Å². The third kappa shape index (κ3) is 1.81. The molecule has 1 aliphatic rings. The molecule has 0 spiro atoms. The molecule has 3 N–H and O–H groups in total. The van der Waals surface area contributed by atoms with E-state index in [4.69, 9.17) is 5.73 Å². The summed E-state index contributed by atoms with van der Waals surface area (Å²) >= 11 is 0. The molecule has 0 bridgehead atoms. The van der Waals surface area contributed by atoms with Gasteiger partial charge < -0.3 is 11.1 Å². The van der Waals surface area contributed by atoms with Crippen LogP contribution >= 0.6 is 0 Å². The van der Waals surface area contributed by atoms with Crippen molar-refractivity contribution in [2.24, 2.45) is 0 Å². The molecule has 2 heteroatoms. The zero-order chi connectivity index (χ0) is 10.9. The van der Waals surface area contributed by atoms with Crippen LogP contribution in [0.15, 0.2) is 18.2 Å². The van der Waals surface area contributed by atoms with Crippen molar-refractivity contribution < 1.29 is 0 Å². The van der Waals surface area contributed by atoms with Crippen molar-refractivity contribution in [1.29, 1.82) is 0 Å². The zero-order valence-corrected chi connectivity index (χ0v) is 9.64. The molecule has 0 aliphatic heterocycles. The summed E-state index contributed by atoms with van der Waals surface area (Å²) in [6.07, 6.45) is 5.12. The van der Waals surface area contributed by atoms with E-state index in [-0.39, 0.29) is 0 Å². The molecule has 0 atom stereocenters. The largest absolute Gasteiger partial charge is 0.398 e. The number of rotatable bonds is 3. The van der Waals surface area contributed by atoms with Gasteiger partial charge in [-0.3, -0.25) is 0 Å². The number of nitrogen functional groups attached to an aromatic ring is 1. The Kier molecular flexibility index (Phi) is 2.59. The van der Waals surface area contributed by atoms with Gasteiger partial charge in [0.05, 0.1) is 0 Å². The third-order valence-corrected chi connectivity index (χ3v) is 3.76. The number of anilines is 2. The first kappa shape index (κ1) is 10.3. The monoisotopic (exact) mass is 204 g/mol. The van der Waals surface area contributed by atoms with Gasteiger partial charge in [-0.05, 0) is 50.3 Å². The molecule has 82 valence electrons. The maximum atomic E-state index is 5.90. The van der Waals surface area contributed by atoms with Gasteiger partial charge in [-0.15, -0.1) is 0 Å². The second-order valence-electron chi connectivity index (χ2n) is 4.63. The van der Waals surface area contributed by atoms with Gasteiger partial charge in [0.2, 0.25) is 0 Å². The van der Waals surface area contributed by atoms with Crippen LogP contribution in [0.25, 0.3) is 0 Å². The summed E-state index contributed by atoms with van der Waals surface area (Å²) in [6, 6.07) is 6.11. The lowest BCUT2D eigenvalue weighted by Gasteiger charge is -2.43. The number of benzene rings is 1. The highest BCUT2D eigenvalue weighted by Crippen LogP contribution is 2.39. The average molecular weight is 204 g/mol. The van der Waals surface area contributed by atoms with Crippen molar-refractivity contribution in [2.75, 3.05) is 11.1 Å². The second kappa shape index (κ2) is 3.76. The average Bonchev–Trinajstić information content (AvgIpc) is 2.18. The molecule has 0 aromatic heterocycles. The Balaban J connectivity index is 2.20. The van der Waals surface area contributed by atoms with Crippen LogP contribution in [0.2, 0.25) is 0 Å². The summed E-state index contributed by atoms with van der Waals surface area (Å²) < 4.78 is 0. The minimum absolute atomic E-state index is 0.346.